The van der Waals surface area contributed by atoms with Gasteiger partial charge in [0.2, 0.25) is 23.6 Å². The number of carboxylic acid groups (broad SMARTS) is 1. The second-order valence-electron chi connectivity index (χ2n) is 29.9. The average molecular weight is 2060 g/mol. The summed E-state index contributed by atoms with van der Waals surface area (Å²) in [6, 6.07) is 16.8. The number of nitrogens with one attached hydrogen (secondary N) is 9. The third kappa shape index (κ3) is 41.1. The maximum Gasteiger partial charge on any atom is 0.336 e. The molecule has 1 aliphatic heterocycles. The van der Waals surface area contributed by atoms with Gasteiger partial charge in [-0.1, -0.05) is 6.07 Å². The highest BCUT2D eigenvalue weighted by molar-refractivity contribution is 7.86. The van der Waals surface area contributed by atoms with Gasteiger partial charge in [0.1, 0.15) is 22.6 Å². The quantitative estimate of drug-likeness (QED) is 0.00647. The van der Waals surface area contributed by atoms with Gasteiger partial charge in [0.25, 0.3) is 60.3 Å². The topological polar surface area (TPSA) is 788 Å². The first-order valence-corrected chi connectivity index (χ1v) is 46.6. The van der Waals surface area contributed by atoms with E-state index >= 15 is 0 Å². The monoisotopic (exact) mass is 2060 g/mol. The molecule has 784 valence electrons. The number of nitro groups is 6. The van der Waals surface area contributed by atoms with Crippen LogP contribution in [-0.4, -0.2) is 346 Å². The molecule has 143 heavy (non-hydrogen) atoms. The summed E-state index contributed by atoms with van der Waals surface area (Å²) in [4.78, 5) is 142. The van der Waals surface area contributed by atoms with Gasteiger partial charge in [-0.15, -0.1) is 0 Å². The molecule has 0 atom stereocenters. The Morgan fingerprint density at radius 2 is 0.706 bits per heavy atom. The Balaban J connectivity index is 0.931. The minimum atomic E-state index is -5.40. The van der Waals surface area contributed by atoms with Crippen LogP contribution in [0.15, 0.2) is 111 Å². The Kier molecular flexibility index (Phi) is 50.5. The van der Waals surface area contributed by atoms with Crippen LogP contribution in [0.4, 0.5) is 56.9 Å². The number of rotatable bonds is 77. The van der Waals surface area contributed by atoms with E-state index in [4.69, 9.17) is 86.6 Å². The predicted octanol–water partition coefficient (Wildman–Crippen LogP) is 3.60. The first-order valence-electron chi connectivity index (χ1n) is 43.8. The number of anilines is 4. The van der Waals surface area contributed by atoms with E-state index < -0.39 is 195 Å². The number of carboxylic acids is 1. The molecule has 0 bridgehead atoms. The molecule has 2 aliphatic rings. The van der Waals surface area contributed by atoms with E-state index in [-0.39, 0.29) is 276 Å². The Hall–Kier alpha value is -13.6. The van der Waals surface area contributed by atoms with Crippen molar-refractivity contribution in [2.24, 2.45) is 0 Å². The van der Waals surface area contributed by atoms with Crippen LogP contribution in [0.3, 0.4) is 0 Å². The second kappa shape index (κ2) is 62.0. The summed E-state index contributed by atoms with van der Waals surface area (Å²) in [6.45, 7) is 0.918. The predicted molar refractivity (Wildman–Crippen MR) is 498 cm³/mol. The molecule has 7 rings (SSSR count). The minimum absolute atomic E-state index is 0.0426. The van der Waals surface area contributed by atoms with Crippen molar-refractivity contribution in [1.29, 1.82) is 5.41 Å². The molecule has 1 heterocycles. The molecule has 59 heteroatoms. The number of fused-ring (bicyclic) bond motifs is 2. The standard InChI is InChI=1S/C84H110N16O41S2/c85-65-8-6-62-77(63-7-9-66(86)81(143(123,124)125)79(63)141-78(62)80(65)142(120,121)122)61-5-1-57(49-64(61)83(106)107)82(105)93-53-76(104)94-84(54-138-22-13-73(101)90-19-28-129-34-40-135-46-43-132-37-31-126-25-16-87-67-10-2-58(95(108)109)50-70(67)98(114)115,55-139-23-14-74(102)91-20-29-130-35-41-136-47-44-133-38-32-127-26-17-88-68-11-3-59(96(110)111)51-71(68)99(116)117)56-140-24-15-75(103)92-21-30-131-36-42-137-48-45-134-39-33-128-27-18-89-69-12-4-60(97(112)113)52-72(69)100(118)119/h1-12,49-52,85,87-89H,13-48,53-56,86H2,(H,90,101)(H,91,102)(H,92,103)(H,93,105)(H,94,104)(H,106,107)(H,120,121,122)(H,123,124,125). The SMILES string of the molecule is N=c1ccc2c(-c3ccc(C(=O)NCC(=O)NC(COCCC(=O)NCCOCCOCCOCCOCCNc4ccc([N+](=O)[O-])cc4[N+](=O)[O-])(COCCC(=O)NCCOCCOCCOCCOCCNc4ccc([N+](=O)[O-])cc4[N+](=O)[O-])COCCC(=O)NCCOCCOCCOCCOCCNc4ccc([N+](=O)[O-])cc4[N+](=O)[O-])cc3C(=O)O)c3ccc(N)c(S(=O)(=O)O)c3oc-2c1S(=O)(=O)O. The molecule has 0 saturated carbocycles. The number of nitrogens with zero attached hydrogens (tertiary/aromatic N) is 6. The summed E-state index contributed by atoms with van der Waals surface area (Å²) in [6.07, 6.45) is -0.820. The normalized spacial score (nSPS) is 11.6. The van der Waals surface area contributed by atoms with Crippen molar-refractivity contribution in [2.75, 3.05) is 266 Å². The van der Waals surface area contributed by atoms with Crippen molar-refractivity contribution in [1.82, 2.24) is 26.6 Å². The molecule has 57 nitrogen and oxygen atoms in total. The van der Waals surface area contributed by atoms with Gasteiger partial charge in [-0.05, 0) is 60.2 Å². The number of non-ortho nitro benzene ring substituents is 3. The van der Waals surface area contributed by atoms with Crippen molar-refractivity contribution in [3.8, 4) is 22.5 Å². The lowest BCUT2D eigenvalue weighted by atomic mass is 9.89. The van der Waals surface area contributed by atoms with Crippen LogP contribution in [0.5, 0.6) is 0 Å². The number of amides is 5. The summed E-state index contributed by atoms with van der Waals surface area (Å²) < 4.78 is 162. The number of hydrogen-bond donors (Lipinski definition) is 13. The van der Waals surface area contributed by atoms with Gasteiger partial charge in [0.05, 0.1) is 269 Å². The molecule has 0 spiro atoms. The van der Waals surface area contributed by atoms with E-state index in [0.29, 0.717) is 0 Å². The van der Waals surface area contributed by atoms with E-state index in [0.717, 1.165) is 78.9 Å². The Bertz CT molecular complexity index is 5400. The van der Waals surface area contributed by atoms with Crippen molar-refractivity contribution >= 4 is 124 Å². The van der Waals surface area contributed by atoms with Crippen LogP contribution in [0, 0.1) is 66.1 Å². The Morgan fingerprint density at radius 1 is 0.378 bits per heavy atom. The molecule has 5 amide bonds. The first-order chi connectivity index (χ1) is 68.5. The maximum atomic E-state index is 14.4. The Morgan fingerprint density at radius 3 is 1.03 bits per heavy atom. The smallest absolute Gasteiger partial charge is 0.336 e. The molecule has 5 aromatic carbocycles. The molecule has 14 N–H and O–H groups in total. The molecule has 0 aromatic heterocycles. The van der Waals surface area contributed by atoms with E-state index in [1.54, 1.807) is 0 Å². The fourth-order valence-electron chi connectivity index (χ4n) is 12.9. The fourth-order valence-corrected chi connectivity index (χ4v) is 14.4. The van der Waals surface area contributed by atoms with Crippen LogP contribution < -0.4 is 53.6 Å². The molecule has 5 aromatic rings. The zero-order valence-corrected chi connectivity index (χ0v) is 78.6. The van der Waals surface area contributed by atoms with Gasteiger partial charge in [-0.3, -0.25) is 99.2 Å². The zero-order chi connectivity index (χ0) is 104. The summed E-state index contributed by atoms with van der Waals surface area (Å²) in [5.41, 5.74) is -1.84. The fraction of sp³-hybridized carbons (Fsp3) is 0.488. The number of aromatic carboxylic acids is 1. The molecule has 1 aliphatic carbocycles. The van der Waals surface area contributed by atoms with Gasteiger partial charge < -0.3 is 129 Å². The zero-order valence-electron chi connectivity index (χ0n) is 77.0. The lowest BCUT2D eigenvalue weighted by molar-refractivity contribution is -0.393. The number of carbonyl (C=O) groups is 6. The van der Waals surface area contributed by atoms with Crippen molar-refractivity contribution < 1.29 is 165 Å². The van der Waals surface area contributed by atoms with Crippen molar-refractivity contribution in [3.63, 3.8) is 0 Å². The molecule has 0 unspecified atom stereocenters. The second-order valence-corrected chi connectivity index (χ2v) is 32.6. The summed E-state index contributed by atoms with van der Waals surface area (Å²) in [5, 5.41) is 107. The summed E-state index contributed by atoms with van der Waals surface area (Å²) in [5.74, 6) is -6.21. The molecule has 0 fully saturated rings. The van der Waals surface area contributed by atoms with E-state index in [1.807, 2.05) is 0 Å². The van der Waals surface area contributed by atoms with Crippen LogP contribution in [-0.2, 0) is 110 Å². The van der Waals surface area contributed by atoms with E-state index in [9.17, 15) is 121 Å². The summed E-state index contributed by atoms with van der Waals surface area (Å²) in [7, 11) is -10.7. The lowest BCUT2D eigenvalue weighted by Gasteiger charge is -2.34. The molecular weight excluding hydrogens is 1950 g/mol. The molecule has 0 radical (unpaired) electrons. The van der Waals surface area contributed by atoms with Gasteiger partial charge in [-0.25, -0.2) is 4.79 Å². The number of nitrogen functional groups attached to an aromatic ring is 1. The van der Waals surface area contributed by atoms with E-state index in [1.165, 1.54) is 18.2 Å². The number of benzene rings is 6. The van der Waals surface area contributed by atoms with Gasteiger partial charge in [0, 0.05) is 98.8 Å². The number of carbonyl (C=O) groups excluding carboxylic acids is 5. The van der Waals surface area contributed by atoms with Gasteiger partial charge >= 0.3 is 5.97 Å². The average Bonchev–Trinajstić information content (AvgIpc) is 0.718. The maximum absolute atomic E-state index is 14.4. The minimum Gasteiger partial charge on any atom is -0.478 e. The van der Waals surface area contributed by atoms with Crippen LogP contribution in [0.1, 0.15) is 40.0 Å². The number of ether oxygens (including phenoxy) is 15. The number of nitro benzene ring substituents is 6. The first kappa shape index (κ1) is 116. The largest absolute Gasteiger partial charge is 0.478 e. The van der Waals surface area contributed by atoms with Gasteiger partial charge in [-0.2, -0.15) is 16.8 Å². The summed E-state index contributed by atoms with van der Waals surface area (Å²) >= 11 is 0. The Labute approximate surface area is 813 Å². The third-order valence-electron chi connectivity index (χ3n) is 19.6. The van der Waals surface area contributed by atoms with Gasteiger partial charge in [0.15, 0.2) is 21.1 Å². The highest BCUT2D eigenvalue weighted by atomic mass is 32.2. The molecular formula is C84H110N16O41S2. The van der Waals surface area contributed by atoms with Crippen LogP contribution in [0.2, 0.25) is 0 Å². The highest BCUT2D eigenvalue weighted by Gasteiger charge is 2.37. The third-order valence-corrected chi connectivity index (χ3v) is 21.4. The van der Waals surface area contributed by atoms with E-state index in [2.05, 4.69) is 42.5 Å². The van der Waals surface area contributed by atoms with Crippen LogP contribution in [0.25, 0.3) is 33.4 Å². The lowest BCUT2D eigenvalue weighted by Crippen LogP contribution is -2.60. The van der Waals surface area contributed by atoms with Crippen LogP contribution >= 0.6 is 0 Å². The number of hydrogen-bond acceptors (Lipinski definition) is 43. The molecule has 0 saturated heterocycles. The highest BCUT2D eigenvalue weighted by Crippen LogP contribution is 2.46. The number of nitrogens with two attached hydrogens (primary N) is 1. The van der Waals surface area contributed by atoms with Crippen molar-refractivity contribution in [2.45, 2.75) is 34.6 Å². The van der Waals surface area contributed by atoms with Crippen molar-refractivity contribution in [3.05, 3.63) is 174 Å².